The van der Waals surface area contributed by atoms with Gasteiger partial charge < -0.3 is 0 Å². The normalized spacial score (nSPS) is 8.94. The molecule has 5 heteroatoms. The van der Waals surface area contributed by atoms with Crippen LogP contribution in [0.1, 0.15) is 0 Å². The summed E-state index contributed by atoms with van der Waals surface area (Å²) in [6, 6.07) is 17.8. The molecule has 0 aliphatic rings. The third-order valence-electron chi connectivity index (χ3n) is 1.85. The van der Waals surface area contributed by atoms with Crippen LogP contribution in [-0.2, 0) is 4.57 Å². The zero-order chi connectivity index (χ0) is 11.2. The summed E-state index contributed by atoms with van der Waals surface area (Å²) in [5.41, 5.74) is 0. The van der Waals surface area contributed by atoms with Crippen LogP contribution < -0.4 is 9.05 Å². The van der Waals surface area contributed by atoms with E-state index in [1.165, 1.54) is 0 Å². The third-order valence-corrected chi connectivity index (χ3v) is 2.57. The molecular weight excluding hydrogens is 230 g/mol. The second-order valence-electron chi connectivity index (χ2n) is 3.03. The quantitative estimate of drug-likeness (QED) is 0.606. The predicted octanol–water partition coefficient (Wildman–Crippen LogP) is 3.42. The summed E-state index contributed by atoms with van der Waals surface area (Å²) in [7, 11) is -2.18. The van der Waals surface area contributed by atoms with Gasteiger partial charge in [0.1, 0.15) is 0 Å². The summed E-state index contributed by atoms with van der Waals surface area (Å²) < 4.78 is 21.7. The molecule has 2 aromatic rings. The number of hydrogen-bond donors (Lipinski definition) is 0. The van der Waals surface area contributed by atoms with Crippen molar-refractivity contribution >= 4 is 27.1 Å². The fourth-order valence-electron chi connectivity index (χ4n) is 1.15. The molecule has 3 nitrogen and oxygen atoms in total. The van der Waals surface area contributed by atoms with Gasteiger partial charge in [0.25, 0.3) is 0 Å². The summed E-state index contributed by atoms with van der Waals surface area (Å²) in [6.07, 6.45) is 0. The first-order chi connectivity index (χ1) is 7.84. The van der Waals surface area contributed by atoms with Gasteiger partial charge in [-0.3, -0.25) is 0 Å². The second kappa shape index (κ2) is 7.14. The van der Waals surface area contributed by atoms with E-state index in [1.807, 2.05) is 12.1 Å². The van der Waals surface area contributed by atoms with Crippen molar-refractivity contribution in [2.24, 2.45) is 0 Å². The standard InChI is InChI=1S/C12H10O3P.Li/c13-16(14-11-7-3-1-4-8-11)15-12-9-5-2-6-10-12;/h1-10H;/q+1;. The molecule has 0 atom stereocenters. The second-order valence-corrected chi connectivity index (χ2v) is 3.84. The van der Waals surface area contributed by atoms with Crippen LogP contribution in [0.3, 0.4) is 0 Å². The summed E-state index contributed by atoms with van der Waals surface area (Å²) in [4.78, 5) is 0. The van der Waals surface area contributed by atoms with Crippen molar-refractivity contribution in [1.29, 1.82) is 0 Å². The maximum Gasteiger partial charge on any atom is 0.805 e. The molecule has 0 fully saturated rings. The molecule has 1 radical (unpaired) electrons. The van der Waals surface area contributed by atoms with Crippen LogP contribution in [0.2, 0.25) is 0 Å². The Labute approximate surface area is 113 Å². The number of rotatable bonds is 4. The number of para-hydroxylation sites is 2. The molecule has 2 rings (SSSR count). The topological polar surface area (TPSA) is 35.5 Å². The fourth-order valence-corrected chi connectivity index (χ4v) is 1.78. The van der Waals surface area contributed by atoms with Gasteiger partial charge in [0.15, 0.2) is 11.5 Å². The molecule has 2 aromatic carbocycles. The van der Waals surface area contributed by atoms with Crippen molar-refractivity contribution < 1.29 is 13.6 Å². The van der Waals surface area contributed by atoms with Gasteiger partial charge in [-0.2, -0.15) is 0 Å². The minimum Gasteiger partial charge on any atom is -0.222 e. The van der Waals surface area contributed by atoms with Crippen LogP contribution >= 0.6 is 8.25 Å². The molecule has 0 saturated carbocycles. The van der Waals surface area contributed by atoms with Gasteiger partial charge in [0.2, 0.25) is 0 Å². The molecule has 0 bridgehead atoms. The summed E-state index contributed by atoms with van der Waals surface area (Å²) >= 11 is 0. The first kappa shape index (κ1) is 13.8. The Bertz CT molecular complexity index is 418. The van der Waals surface area contributed by atoms with Gasteiger partial charge in [-0.1, -0.05) is 36.4 Å². The van der Waals surface area contributed by atoms with Crippen molar-refractivity contribution in [2.75, 3.05) is 0 Å². The van der Waals surface area contributed by atoms with E-state index in [4.69, 9.17) is 9.05 Å². The smallest absolute Gasteiger partial charge is 0.222 e. The Morgan fingerprint density at radius 3 is 1.41 bits per heavy atom. The summed E-state index contributed by atoms with van der Waals surface area (Å²) in [6.45, 7) is 0. The van der Waals surface area contributed by atoms with Crippen LogP contribution in [-0.4, -0.2) is 18.9 Å². The van der Waals surface area contributed by atoms with Gasteiger partial charge in [-0.25, -0.2) is 9.05 Å². The molecule has 17 heavy (non-hydrogen) atoms. The summed E-state index contributed by atoms with van der Waals surface area (Å²) in [5, 5.41) is 0. The molecule has 0 unspecified atom stereocenters. The Balaban J connectivity index is 0.00000144. The molecule has 0 saturated heterocycles. The average molecular weight is 240 g/mol. The molecule has 0 spiro atoms. The zero-order valence-electron chi connectivity index (χ0n) is 9.45. The average Bonchev–Trinajstić information content (AvgIpc) is 2.31. The molecule has 0 aliphatic carbocycles. The van der Waals surface area contributed by atoms with Gasteiger partial charge in [-0.15, -0.1) is 0 Å². The van der Waals surface area contributed by atoms with Crippen molar-refractivity contribution in [2.45, 2.75) is 0 Å². The molecular formula is C12H10LiO3P+. The van der Waals surface area contributed by atoms with Crippen molar-refractivity contribution in [3.05, 3.63) is 60.7 Å². The van der Waals surface area contributed by atoms with Crippen molar-refractivity contribution in [3.63, 3.8) is 0 Å². The fraction of sp³-hybridized carbons (Fsp3) is 0. The van der Waals surface area contributed by atoms with Crippen LogP contribution in [0.15, 0.2) is 60.7 Å². The maximum atomic E-state index is 11.5. The van der Waals surface area contributed by atoms with E-state index in [0.29, 0.717) is 11.5 Å². The third kappa shape index (κ3) is 4.62. The van der Waals surface area contributed by atoms with Crippen LogP contribution in [0.5, 0.6) is 11.5 Å². The molecule has 0 N–H and O–H groups in total. The molecule has 0 amide bonds. The SMILES string of the molecule is O=[P+](Oc1ccccc1)Oc1ccccc1.[Li]. The Kier molecular flexibility index (Phi) is 5.80. The first-order valence-corrected chi connectivity index (χ1v) is 5.87. The van der Waals surface area contributed by atoms with Gasteiger partial charge in [0.05, 0.1) is 0 Å². The van der Waals surface area contributed by atoms with Crippen LogP contribution in [0, 0.1) is 0 Å². The van der Waals surface area contributed by atoms with E-state index in [2.05, 4.69) is 0 Å². The predicted molar refractivity (Wildman–Crippen MR) is 67.5 cm³/mol. The van der Waals surface area contributed by atoms with Gasteiger partial charge >= 0.3 is 8.25 Å². The zero-order valence-corrected chi connectivity index (χ0v) is 10.3. The van der Waals surface area contributed by atoms with Crippen LogP contribution in [0.4, 0.5) is 0 Å². The Morgan fingerprint density at radius 2 is 1.06 bits per heavy atom. The minimum atomic E-state index is -2.18. The van der Waals surface area contributed by atoms with E-state index in [9.17, 15) is 4.57 Å². The van der Waals surface area contributed by atoms with E-state index < -0.39 is 8.25 Å². The number of hydrogen-bond acceptors (Lipinski definition) is 3. The van der Waals surface area contributed by atoms with E-state index in [-0.39, 0.29) is 18.9 Å². The minimum absolute atomic E-state index is 0. The molecule has 81 valence electrons. The maximum absolute atomic E-state index is 11.5. The number of benzene rings is 2. The van der Waals surface area contributed by atoms with Crippen molar-refractivity contribution in [1.82, 2.24) is 0 Å². The van der Waals surface area contributed by atoms with Crippen molar-refractivity contribution in [3.8, 4) is 11.5 Å². The molecule has 0 aromatic heterocycles. The summed E-state index contributed by atoms with van der Waals surface area (Å²) in [5.74, 6) is 1.05. The Morgan fingerprint density at radius 1 is 0.706 bits per heavy atom. The van der Waals surface area contributed by atoms with E-state index >= 15 is 0 Å². The molecule has 0 heterocycles. The monoisotopic (exact) mass is 240 g/mol. The molecule has 0 aliphatic heterocycles. The largest absolute Gasteiger partial charge is 0.805 e. The van der Waals surface area contributed by atoms with Gasteiger partial charge in [0, 0.05) is 23.4 Å². The first-order valence-electron chi connectivity index (χ1n) is 4.78. The Hall–Kier alpha value is -1.26. The van der Waals surface area contributed by atoms with Crippen LogP contribution in [0.25, 0.3) is 0 Å². The van der Waals surface area contributed by atoms with Gasteiger partial charge in [-0.05, 0) is 24.3 Å². The van der Waals surface area contributed by atoms with E-state index in [0.717, 1.165) is 0 Å². The van der Waals surface area contributed by atoms with E-state index in [1.54, 1.807) is 48.5 Å².